The van der Waals surface area contributed by atoms with Crippen LogP contribution in [0.5, 0.6) is 0 Å². The molecule has 1 aromatic rings. The van der Waals surface area contributed by atoms with Gasteiger partial charge in [-0.25, -0.2) is 0 Å². The van der Waals surface area contributed by atoms with Crippen molar-refractivity contribution in [2.75, 3.05) is 6.54 Å². The van der Waals surface area contributed by atoms with Crippen molar-refractivity contribution in [3.05, 3.63) is 29.6 Å². The molecule has 0 aliphatic rings. The topological polar surface area (TPSA) is 42.0 Å². The van der Waals surface area contributed by atoms with Gasteiger partial charge in [0.05, 0.1) is 5.56 Å². The lowest BCUT2D eigenvalue weighted by Crippen LogP contribution is -2.27. The van der Waals surface area contributed by atoms with Crippen LogP contribution in [0.1, 0.15) is 29.8 Å². The molecule has 1 heterocycles. The Morgan fingerprint density at radius 3 is 2.79 bits per heavy atom. The van der Waals surface area contributed by atoms with Crippen molar-refractivity contribution in [1.82, 2.24) is 10.3 Å². The maximum absolute atomic E-state index is 11.6. The smallest absolute Gasteiger partial charge is 0.252 e. The molecule has 1 rings (SSSR count). The van der Waals surface area contributed by atoms with Crippen LogP contribution in [0.15, 0.2) is 18.5 Å². The molecule has 76 valence electrons. The Morgan fingerprint density at radius 2 is 2.21 bits per heavy atom. The number of hydrogen-bond acceptors (Lipinski definition) is 2. The maximum Gasteiger partial charge on any atom is 0.252 e. The van der Waals surface area contributed by atoms with Crippen LogP contribution in [0.4, 0.5) is 0 Å². The normalized spacial score (nSPS) is 10.3. The molecule has 14 heavy (non-hydrogen) atoms. The van der Waals surface area contributed by atoms with Gasteiger partial charge in [0, 0.05) is 18.9 Å². The van der Waals surface area contributed by atoms with E-state index in [0.29, 0.717) is 18.0 Å². The summed E-state index contributed by atoms with van der Waals surface area (Å²) in [4.78, 5) is 15.5. The lowest BCUT2D eigenvalue weighted by molar-refractivity contribution is 0.0948. The number of carbonyl (C=O) groups is 1. The van der Waals surface area contributed by atoms with Crippen molar-refractivity contribution in [2.24, 2.45) is 5.92 Å². The molecule has 0 atom stereocenters. The molecular weight excluding hydrogens is 176 g/mol. The molecule has 1 N–H and O–H groups in total. The first-order chi connectivity index (χ1) is 6.59. The number of hydrogen-bond donors (Lipinski definition) is 1. The molecule has 0 unspecified atom stereocenters. The molecule has 0 aromatic carbocycles. The predicted octanol–water partition coefficient (Wildman–Crippen LogP) is 1.78. The summed E-state index contributed by atoms with van der Waals surface area (Å²) in [5.41, 5.74) is 1.63. The van der Waals surface area contributed by atoms with Gasteiger partial charge in [0.25, 0.3) is 5.91 Å². The summed E-state index contributed by atoms with van der Waals surface area (Å²) >= 11 is 0. The monoisotopic (exact) mass is 192 g/mol. The van der Waals surface area contributed by atoms with Gasteiger partial charge in [-0.1, -0.05) is 13.8 Å². The Morgan fingerprint density at radius 1 is 1.50 bits per heavy atom. The van der Waals surface area contributed by atoms with Gasteiger partial charge in [-0.05, 0) is 24.5 Å². The Kier molecular flexibility index (Phi) is 3.63. The van der Waals surface area contributed by atoms with E-state index in [0.717, 1.165) is 5.56 Å². The summed E-state index contributed by atoms with van der Waals surface area (Å²) in [6, 6.07) is 1.84. The number of pyridine rings is 1. The first-order valence-electron chi connectivity index (χ1n) is 4.79. The minimum Gasteiger partial charge on any atom is -0.352 e. The van der Waals surface area contributed by atoms with Crippen LogP contribution in [-0.4, -0.2) is 17.4 Å². The van der Waals surface area contributed by atoms with Gasteiger partial charge in [0.15, 0.2) is 0 Å². The van der Waals surface area contributed by atoms with Crippen molar-refractivity contribution in [3.8, 4) is 0 Å². The summed E-state index contributed by atoms with van der Waals surface area (Å²) in [5.74, 6) is 0.423. The number of amides is 1. The molecule has 0 aliphatic heterocycles. The van der Waals surface area contributed by atoms with Gasteiger partial charge >= 0.3 is 0 Å². The van der Waals surface area contributed by atoms with Crippen LogP contribution in [0, 0.1) is 12.8 Å². The first kappa shape index (κ1) is 10.7. The third-order valence-corrected chi connectivity index (χ3v) is 1.81. The second-order valence-corrected chi connectivity index (χ2v) is 3.85. The zero-order valence-corrected chi connectivity index (χ0v) is 8.87. The number of nitrogens with zero attached hydrogens (tertiary/aromatic N) is 1. The Labute approximate surface area is 84.6 Å². The van der Waals surface area contributed by atoms with E-state index < -0.39 is 0 Å². The number of nitrogens with one attached hydrogen (secondary N) is 1. The van der Waals surface area contributed by atoms with Crippen LogP contribution < -0.4 is 5.32 Å². The summed E-state index contributed by atoms with van der Waals surface area (Å²) < 4.78 is 0. The molecule has 0 fully saturated rings. The van der Waals surface area contributed by atoms with E-state index in [1.807, 2.05) is 13.0 Å². The molecule has 0 aliphatic carbocycles. The molecule has 0 saturated carbocycles. The zero-order chi connectivity index (χ0) is 10.6. The van der Waals surface area contributed by atoms with Crippen LogP contribution >= 0.6 is 0 Å². The van der Waals surface area contributed by atoms with E-state index >= 15 is 0 Å². The van der Waals surface area contributed by atoms with Crippen molar-refractivity contribution < 1.29 is 4.79 Å². The SMILES string of the molecule is Cc1cncc(C(=O)NCC(C)C)c1. The predicted molar refractivity (Wildman–Crippen MR) is 56.1 cm³/mol. The number of aromatic nitrogens is 1. The molecule has 3 heteroatoms. The highest BCUT2D eigenvalue weighted by atomic mass is 16.1. The van der Waals surface area contributed by atoms with Gasteiger partial charge in [0.2, 0.25) is 0 Å². The fourth-order valence-corrected chi connectivity index (χ4v) is 1.08. The summed E-state index contributed by atoms with van der Waals surface area (Å²) in [5, 5.41) is 2.85. The Balaban J connectivity index is 2.61. The van der Waals surface area contributed by atoms with Crippen molar-refractivity contribution in [1.29, 1.82) is 0 Å². The van der Waals surface area contributed by atoms with E-state index in [2.05, 4.69) is 24.1 Å². The molecule has 0 spiro atoms. The summed E-state index contributed by atoms with van der Waals surface area (Å²) in [7, 11) is 0. The first-order valence-corrected chi connectivity index (χ1v) is 4.79. The van der Waals surface area contributed by atoms with Gasteiger partial charge in [-0.2, -0.15) is 0 Å². The van der Waals surface area contributed by atoms with Crippen LogP contribution in [0.25, 0.3) is 0 Å². The Hall–Kier alpha value is -1.38. The second-order valence-electron chi connectivity index (χ2n) is 3.85. The lowest BCUT2D eigenvalue weighted by atomic mass is 10.2. The van der Waals surface area contributed by atoms with E-state index in [1.54, 1.807) is 12.4 Å². The number of rotatable bonds is 3. The van der Waals surface area contributed by atoms with Crippen molar-refractivity contribution in [2.45, 2.75) is 20.8 Å². The van der Waals surface area contributed by atoms with Crippen molar-refractivity contribution >= 4 is 5.91 Å². The van der Waals surface area contributed by atoms with Crippen LogP contribution in [0.2, 0.25) is 0 Å². The molecule has 0 bridgehead atoms. The van der Waals surface area contributed by atoms with E-state index in [9.17, 15) is 4.79 Å². The fourth-order valence-electron chi connectivity index (χ4n) is 1.08. The fraction of sp³-hybridized carbons (Fsp3) is 0.455. The molecule has 1 amide bonds. The van der Waals surface area contributed by atoms with Crippen molar-refractivity contribution in [3.63, 3.8) is 0 Å². The van der Waals surface area contributed by atoms with Crippen LogP contribution in [0.3, 0.4) is 0 Å². The standard InChI is InChI=1S/C11H16N2O/c1-8(2)5-13-11(14)10-4-9(3)6-12-7-10/h4,6-8H,5H2,1-3H3,(H,13,14). The molecule has 0 radical (unpaired) electrons. The number of aryl methyl sites for hydroxylation is 1. The zero-order valence-electron chi connectivity index (χ0n) is 8.87. The minimum absolute atomic E-state index is 0.0464. The highest BCUT2D eigenvalue weighted by Gasteiger charge is 2.05. The van der Waals surface area contributed by atoms with Crippen LogP contribution in [-0.2, 0) is 0 Å². The highest BCUT2D eigenvalue weighted by Crippen LogP contribution is 2.01. The van der Waals surface area contributed by atoms with Gasteiger partial charge in [-0.3, -0.25) is 9.78 Å². The van der Waals surface area contributed by atoms with E-state index in [4.69, 9.17) is 0 Å². The lowest BCUT2D eigenvalue weighted by Gasteiger charge is -2.07. The third-order valence-electron chi connectivity index (χ3n) is 1.81. The second kappa shape index (κ2) is 4.74. The third kappa shape index (κ3) is 3.17. The molecule has 1 aromatic heterocycles. The minimum atomic E-state index is -0.0464. The molecule has 0 saturated heterocycles. The maximum atomic E-state index is 11.6. The molecule has 3 nitrogen and oxygen atoms in total. The quantitative estimate of drug-likeness (QED) is 0.793. The largest absolute Gasteiger partial charge is 0.352 e. The number of carbonyl (C=O) groups excluding carboxylic acids is 1. The average Bonchev–Trinajstić information content (AvgIpc) is 2.14. The van der Waals surface area contributed by atoms with E-state index in [-0.39, 0.29) is 5.91 Å². The average molecular weight is 192 g/mol. The summed E-state index contributed by atoms with van der Waals surface area (Å²) in [6.07, 6.45) is 3.32. The van der Waals surface area contributed by atoms with Gasteiger partial charge in [0.1, 0.15) is 0 Å². The van der Waals surface area contributed by atoms with Gasteiger partial charge < -0.3 is 5.32 Å². The summed E-state index contributed by atoms with van der Waals surface area (Å²) in [6.45, 7) is 6.75. The van der Waals surface area contributed by atoms with E-state index in [1.165, 1.54) is 0 Å². The highest BCUT2D eigenvalue weighted by molar-refractivity contribution is 5.93. The molecular formula is C11H16N2O. The Bertz CT molecular complexity index is 321. The van der Waals surface area contributed by atoms with Gasteiger partial charge in [-0.15, -0.1) is 0 Å².